The maximum atomic E-state index is 4.38. The lowest BCUT2D eigenvalue weighted by Gasteiger charge is -2.10. The summed E-state index contributed by atoms with van der Waals surface area (Å²) < 4.78 is 0. The van der Waals surface area contributed by atoms with Gasteiger partial charge in [0.05, 0.1) is 0 Å². The van der Waals surface area contributed by atoms with Crippen LogP contribution in [0.25, 0.3) is 10.8 Å². The van der Waals surface area contributed by atoms with Gasteiger partial charge in [-0.05, 0) is 68.8 Å². The highest BCUT2D eigenvalue weighted by atomic mass is 33.1. The molecule has 0 saturated carbocycles. The van der Waals surface area contributed by atoms with E-state index in [2.05, 4.69) is 46.4 Å². The highest BCUT2D eigenvalue weighted by molar-refractivity contribution is 8.77. The fraction of sp³-hybridized carbons (Fsp3) is 0. The highest BCUT2D eigenvalue weighted by Crippen LogP contribution is 2.45. The minimum Gasteiger partial charge on any atom is -0.249 e. The summed E-state index contributed by atoms with van der Waals surface area (Å²) in [5.74, 6) is 0. The van der Waals surface area contributed by atoms with Crippen LogP contribution in [-0.2, 0) is 0 Å². The van der Waals surface area contributed by atoms with Crippen molar-refractivity contribution in [2.75, 3.05) is 0 Å². The van der Waals surface area contributed by atoms with Crippen LogP contribution in [-0.4, -0.2) is 9.97 Å². The number of aromatic nitrogens is 2. The Kier molecular flexibility index (Phi) is 6.07. The van der Waals surface area contributed by atoms with Gasteiger partial charge in [-0.2, -0.15) is 0 Å². The Labute approximate surface area is 168 Å². The van der Waals surface area contributed by atoms with Crippen LogP contribution in [0.5, 0.6) is 0 Å². The van der Waals surface area contributed by atoms with E-state index in [-0.39, 0.29) is 0 Å². The first kappa shape index (κ1) is 17.8. The second-order valence-electron chi connectivity index (χ2n) is 5.28. The van der Waals surface area contributed by atoms with Crippen molar-refractivity contribution in [1.82, 2.24) is 9.97 Å². The van der Waals surface area contributed by atoms with Crippen molar-refractivity contribution in [2.45, 2.75) is 19.8 Å². The lowest BCUT2D eigenvalue weighted by Crippen LogP contribution is -1.81. The first-order valence-electron chi connectivity index (χ1n) is 7.93. The molecule has 2 heterocycles. The first-order chi connectivity index (χ1) is 12.9. The summed E-state index contributed by atoms with van der Waals surface area (Å²) in [5, 5.41) is 4.58. The second kappa shape index (κ2) is 8.86. The van der Waals surface area contributed by atoms with Crippen molar-refractivity contribution in [3.8, 4) is 0 Å². The Morgan fingerprint density at radius 3 is 1.35 bits per heavy atom. The van der Waals surface area contributed by atoms with E-state index in [1.807, 2.05) is 48.8 Å². The van der Waals surface area contributed by atoms with Crippen molar-refractivity contribution in [1.29, 1.82) is 0 Å². The van der Waals surface area contributed by atoms with Crippen molar-refractivity contribution in [3.63, 3.8) is 0 Å². The molecule has 0 amide bonds. The minimum absolute atomic E-state index is 1.02. The highest BCUT2D eigenvalue weighted by Gasteiger charge is 2.09. The Hall–Kier alpha value is -1.60. The summed E-state index contributed by atoms with van der Waals surface area (Å²) in [6.07, 6.45) is 3.66. The van der Waals surface area contributed by atoms with Gasteiger partial charge in [0, 0.05) is 22.2 Å². The van der Waals surface area contributed by atoms with Crippen LogP contribution in [0.1, 0.15) is 0 Å². The number of fused-ring (bicyclic) bond motifs is 1. The predicted octanol–water partition coefficient (Wildman–Crippen LogP) is 7.23. The van der Waals surface area contributed by atoms with Gasteiger partial charge < -0.3 is 0 Å². The average Bonchev–Trinajstić information content (AvgIpc) is 2.72. The molecular formula is C20H14N2S4. The maximum Gasteiger partial charge on any atom is 0.107 e. The Balaban J connectivity index is 1.57. The molecule has 0 saturated heterocycles. The van der Waals surface area contributed by atoms with Crippen molar-refractivity contribution < 1.29 is 0 Å². The van der Waals surface area contributed by atoms with E-state index < -0.39 is 0 Å². The molecule has 0 unspecified atom stereocenters. The SMILES string of the molecule is c1ccc(SSc2ccc(SSc3ccccn3)c3ccccc23)nc1. The van der Waals surface area contributed by atoms with Gasteiger partial charge >= 0.3 is 0 Å². The Morgan fingerprint density at radius 1 is 0.462 bits per heavy atom. The summed E-state index contributed by atoms with van der Waals surface area (Å²) in [6, 6.07) is 24.9. The Bertz CT molecular complexity index is 912. The summed E-state index contributed by atoms with van der Waals surface area (Å²) >= 11 is 0. The first-order valence-corrected chi connectivity index (χ1v) is 12.2. The smallest absolute Gasteiger partial charge is 0.107 e. The van der Waals surface area contributed by atoms with Gasteiger partial charge in [0.15, 0.2) is 0 Å². The molecule has 2 aromatic heterocycles. The van der Waals surface area contributed by atoms with Crippen LogP contribution in [0.2, 0.25) is 0 Å². The van der Waals surface area contributed by atoms with E-state index in [0.29, 0.717) is 0 Å². The summed E-state index contributed by atoms with van der Waals surface area (Å²) in [5.41, 5.74) is 0. The van der Waals surface area contributed by atoms with Crippen LogP contribution in [0, 0.1) is 0 Å². The van der Waals surface area contributed by atoms with Crippen LogP contribution < -0.4 is 0 Å². The largest absolute Gasteiger partial charge is 0.249 e. The van der Waals surface area contributed by atoms with Crippen molar-refractivity contribution >= 4 is 53.9 Å². The topological polar surface area (TPSA) is 25.8 Å². The number of hydrogen-bond acceptors (Lipinski definition) is 6. The molecule has 4 aromatic rings. The number of rotatable bonds is 6. The Morgan fingerprint density at radius 2 is 0.923 bits per heavy atom. The molecule has 0 fully saturated rings. The van der Waals surface area contributed by atoms with Gasteiger partial charge in [-0.1, -0.05) is 58.0 Å². The van der Waals surface area contributed by atoms with Gasteiger partial charge in [-0.15, -0.1) is 0 Å². The standard InChI is InChI=1S/C20H14N2S4/c1-2-8-16-15(7-1)17(23-25-19-9-3-5-13-21-19)11-12-18(16)24-26-20-10-4-6-14-22-20/h1-14H. The normalized spacial score (nSPS) is 10.9. The summed E-state index contributed by atoms with van der Waals surface area (Å²) in [4.78, 5) is 11.3. The monoisotopic (exact) mass is 410 g/mol. The number of hydrogen-bond donors (Lipinski definition) is 0. The van der Waals surface area contributed by atoms with Gasteiger partial charge in [-0.3, -0.25) is 0 Å². The molecule has 2 nitrogen and oxygen atoms in total. The molecule has 2 aromatic carbocycles. The average molecular weight is 411 g/mol. The van der Waals surface area contributed by atoms with Gasteiger partial charge in [0.25, 0.3) is 0 Å². The zero-order chi connectivity index (χ0) is 17.6. The van der Waals surface area contributed by atoms with Crippen molar-refractivity contribution in [2.24, 2.45) is 0 Å². The molecule has 0 N–H and O–H groups in total. The van der Waals surface area contributed by atoms with Crippen LogP contribution in [0.3, 0.4) is 0 Å². The van der Waals surface area contributed by atoms with Gasteiger partial charge in [0.1, 0.15) is 10.1 Å². The lowest BCUT2D eigenvalue weighted by atomic mass is 10.1. The number of pyridine rings is 2. The molecule has 0 aliphatic rings. The lowest BCUT2D eigenvalue weighted by molar-refractivity contribution is 1.14. The number of nitrogens with zero attached hydrogens (tertiary/aromatic N) is 2. The maximum absolute atomic E-state index is 4.38. The van der Waals surface area contributed by atoms with Crippen LogP contribution >= 0.6 is 43.2 Å². The molecule has 0 aliphatic heterocycles. The van der Waals surface area contributed by atoms with Gasteiger partial charge in [0.2, 0.25) is 0 Å². The van der Waals surface area contributed by atoms with Crippen LogP contribution in [0.15, 0.2) is 105 Å². The molecule has 0 aliphatic carbocycles. The quantitative estimate of drug-likeness (QED) is 0.311. The van der Waals surface area contributed by atoms with E-state index >= 15 is 0 Å². The molecule has 0 radical (unpaired) electrons. The third-order valence-corrected chi connectivity index (χ3v) is 8.22. The fourth-order valence-corrected chi connectivity index (χ4v) is 6.48. The molecule has 0 bridgehead atoms. The molecule has 6 heteroatoms. The zero-order valence-electron chi connectivity index (χ0n) is 13.6. The summed E-state index contributed by atoms with van der Waals surface area (Å²) in [6.45, 7) is 0. The molecule has 4 rings (SSSR count). The molecule has 0 atom stereocenters. The molecule has 26 heavy (non-hydrogen) atoms. The third-order valence-electron chi connectivity index (χ3n) is 3.55. The predicted molar refractivity (Wildman–Crippen MR) is 116 cm³/mol. The summed E-state index contributed by atoms with van der Waals surface area (Å²) in [7, 11) is 6.88. The minimum atomic E-state index is 1.02. The van der Waals surface area contributed by atoms with Crippen LogP contribution in [0.4, 0.5) is 0 Å². The van der Waals surface area contributed by atoms with E-state index in [4.69, 9.17) is 0 Å². The number of benzene rings is 2. The van der Waals surface area contributed by atoms with E-state index in [1.54, 1.807) is 43.2 Å². The van der Waals surface area contributed by atoms with Gasteiger partial charge in [-0.25, -0.2) is 9.97 Å². The van der Waals surface area contributed by atoms with E-state index in [0.717, 1.165) is 10.1 Å². The van der Waals surface area contributed by atoms with E-state index in [9.17, 15) is 0 Å². The molecular weight excluding hydrogens is 397 g/mol. The van der Waals surface area contributed by atoms with Crippen molar-refractivity contribution in [3.05, 3.63) is 85.2 Å². The third kappa shape index (κ3) is 4.38. The van der Waals surface area contributed by atoms with E-state index in [1.165, 1.54) is 20.6 Å². The second-order valence-corrected chi connectivity index (χ2v) is 9.66. The molecule has 128 valence electrons. The zero-order valence-corrected chi connectivity index (χ0v) is 16.9. The fourth-order valence-electron chi connectivity index (χ4n) is 2.36. The molecule has 0 spiro atoms.